The molecule has 2 saturated heterocycles. The lowest BCUT2D eigenvalue weighted by molar-refractivity contribution is -0.188. The first-order valence-corrected chi connectivity index (χ1v) is 11.0. The first-order chi connectivity index (χ1) is 15.2. The number of fused-ring (bicyclic) bond motifs is 1. The zero-order valence-electron chi connectivity index (χ0n) is 17.7. The predicted molar refractivity (Wildman–Crippen MR) is 120 cm³/mol. The van der Waals surface area contributed by atoms with E-state index in [1.165, 1.54) is 0 Å². The summed E-state index contributed by atoms with van der Waals surface area (Å²) in [6.07, 6.45) is -0.948. The van der Waals surface area contributed by atoms with Gasteiger partial charge in [0, 0.05) is 6.54 Å². The Morgan fingerprint density at radius 1 is 0.969 bits per heavy atom. The number of halogens is 2. The highest BCUT2D eigenvalue weighted by atomic mass is 35.5. The summed E-state index contributed by atoms with van der Waals surface area (Å²) in [6.45, 7) is 4.19. The Morgan fingerprint density at radius 2 is 1.53 bits per heavy atom. The monoisotopic (exact) mass is 478 g/mol. The lowest BCUT2D eigenvalue weighted by Crippen LogP contribution is -2.52. The largest absolute Gasteiger partial charge is 0.370 e. The first kappa shape index (κ1) is 23.0. The van der Waals surface area contributed by atoms with Crippen molar-refractivity contribution < 1.29 is 23.8 Å². The Morgan fingerprint density at radius 3 is 2.12 bits per heavy atom. The van der Waals surface area contributed by atoms with E-state index in [2.05, 4.69) is 10.6 Å². The fraction of sp³-hybridized carbons (Fsp3) is 0.391. The van der Waals surface area contributed by atoms with Crippen molar-refractivity contribution in [3.8, 4) is 0 Å². The van der Waals surface area contributed by atoms with E-state index < -0.39 is 23.6 Å². The average Bonchev–Trinajstić information content (AvgIpc) is 3.21. The fourth-order valence-electron chi connectivity index (χ4n) is 4.10. The molecule has 32 heavy (non-hydrogen) atoms. The molecule has 7 nitrogen and oxygen atoms in total. The molecule has 4 rings (SSSR count). The number of hydrogen-bond acceptors (Lipinski definition) is 5. The van der Waals surface area contributed by atoms with Gasteiger partial charge in [0.05, 0.1) is 34.3 Å². The number of ether oxygens (including phenoxy) is 3. The van der Waals surface area contributed by atoms with E-state index in [0.717, 1.165) is 0 Å². The van der Waals surface area contributed by atoms with E-state index in [4.69, 9.17) is 37.4 Å². The number of nitrogens with one attached hydrogen (secondary N) is 2. The van der Waals surface area contributed by atoms with Crippen LogP contribution in [0.25, 0.3) is 0 Å². The van der Waals surface area contributed by atoms with Crippen LogP contribution >= 0.6 is 23.2 Å². The molecule has 2 aromatic carbocycles. The van der Waals surface area contributed by atoms with Crippen LogP contribution < -0.4 is 10.6 Å². The van der Waals surface area contributed by atoms with Gasteiger partial charge in [-0.1, -0.05) is 47.5 Å². The average molecular weight is 479 g/mol. The van der Waals surface area contributed by atoms with Crippen LogP contribution in [0.4, 0.5) is 0 Å². The van der Waals surface area contributed by atoms with Gasteiger partial charge in [0.1, 0.15) is 17.8 Å². The van der Waals surface area contributed by atoms with E-state index in [1.54, 1.807) is 48.5 Å². The summed E-state index contributed by atoms with van der Waals surface area (Å²) >= 11 is 12.2. The summed E-state index contributed by atoms with van der Waals surface area (Å²) in [7, 11) is 0. The number of hydrogen-bond donors (Lipinski definition) is 2. The summed E-state index contributed by atoms with van der Waals surface area (Å²) in [6, 6.07) is 13.6. The van der Waals surface area contributed by atoms with Crippen molar-refractivity contribution in [2.24, 2.45) is 0 Å². The number of rotatable bonds is 6. The predicted octanol–water partition coefficient (Wildman–Crippen LogP) is 3.44. The third-order valence-corrected chi connectivity index (χ3v) is 6.17. The van der Waals surface area contributed by atoms with Crippen LogP contribution in [0.5, 0.6) is 0 Å². The summed E-state index contributed by atoms with van der Waals surface area (Å²) < 4.78 is 18.2. The molecule has 2 aromatic rings. The normalized spacial score (nSPS) is 25.9. The van der Waals surface area contributed by atoms with Crippen LogP contribution in [0.15, 0.2) is 48.5 Å². The van der Waals surface area contributed by atoms with Crippen LogP contribution in [0.1, 0.15) is 34.6 Å². The van der Waals surface area contributed by atoms with Crippen LogP contribution in [0, 0.1) is 0 Å². The number of carbonyl (C=O) groups excluding carboxylic acids is 2. The molecule has 0 aromatic heterocycles. The molecule has 0 saturated carbocycles. The molecule has 2 aliphatic heterocycles. The highest BCUT2D eigenvalue weighted by Crippen LogP contribution is 2.43. The van der Waals surface area contributed by atoms with Gasteiger partial charge in [-0.3, -0.25) is 9.59 Å². The molecular formula is C23H24Cl2N2O5. The van der Waals surface area contributed by atoms with Gasteiger partial charge >= 0.3 is 0 Å². The maximum Gasteiger partial charge on any atom is 0.252 e. The Bertz CT molecular complexity index is 1030. The van der Waals surface area contributed by atoms with Gasteiger partial charge in [0.15, 0.2) is 5.79 Å². The second kappa shape index (κ2) is 9.00. The summed E-state index contributed by atoms with van der Waals surface area (Å²) in [4.78, 5) is 25.2. The van der Waals surface area contributed by atoms with Crippen molar-refractivity contribution in [3.63, 3.8) is 0 Å². The Hall–Kier alpha value is -2.16. The van der Waals surface area contributed by atoms with Crippen molar-refractivity contribution in [1.29, 1.82) is 0 Å². The topological polar surface area (TPSA) is 85.9 Å². The van der Waals surface area contributed by atoms with Crippen molar-refractivity contribution >= 4 is 35.0 Å². The molecular weight excluding hydrogens is 455 g/mol. The SMILES string of the molecule is CC1(C)O[C@@H]2[C@@H](CNC(=O)c3ccccc3Cl)OC[C@]2(CNC(=O)c2ccccc2Cl)O1. The number of amides is 2. The zero-order chi connectivity index (χ0) is 22.9. The maximum absolute atomic E-state index is 12.7. The quantitative estimate of drug-likeness (QED) is 0.663. The molecule has 2 heterocycles. The summed E-state index contributed by atoms with van der Waals surface area (Å²) in [5.41, 5.74) is -0.127. The van der Waals surface area contributed by atoms with Crippen molar-refractivity contribution in [1.82, 2.24) is 10.6 Å². The minimum absolute atomic E-state index is 0.167. The Kier molecular flexibility index (Phi) is 6.47. The second-order valence-electron chi connectivity index (χ2n) is 8.31. The van der Waals surface area contributed by atoms with E-state index in [0.29, 0.717) is 21.2 Å². The third-order valence-electron chi connectivity index (χ3n) is 5.51. The van der Waals surface area contributed by atoms with Gasteiger partial charge in [0.2, 0.25) is 0 Å². The van der Waals surface area contributed by atoms with Crippen LogP contribution in [-0.4, -0.2) is 55.1 Å². The lowest BCUT2D eigenvalue weighted by atomic mass is 9.96. The minimum Gasteiger partial charge on any atom is -0.370 e. The van der Waals surface area contributed by atoms with E-state index in [-0.39, 0.29) is 31.5 Å². The molecule has 2 aliphatic rings. The molecule has 9 heteroatoms. The molecule has 0 unspecified atom stereocenters. The van der Waals surface area contributed by atoms with Crippen LogP contribution in [0.3, 0.4) is 0 Å². The second-order valence-corrected chi connectivity index (χ2v) is 9.12. The Balaban J connectivity index is 1.43. The molecule has 0 bridgehead atoms. The van der Waals surface area contributed by atoms with E-state index >= 15 is 0 Å². The van der Waals surface area contributed by atoms with Crippen LogP contribution in [-0.2, 0) is 14.2 Å². The first-order valence-electron chi connectivity index (χ1n) is 10.3. The molecule has 170 valence electrons. The van der Waals surface area contributed by atoms with Gasteiger partial charge in [-0.25, -0.2) is 0 Å². The minimum atomic E-state index is -0.889. The van der Waals surface area contributed by atoms with Crippen molar-refractivity contribution in [3.05, 3.63) is 69.7 Å². The smallest absolute Gasteiger partial charge is 0.252 e. The number of carbonyl (C=O) groups is 2. The van der Waals surface area contributed by atoms with Gasteiger partial charge < -0.3 is 24.8 Å². The molecule has 3 atom stereocenters. The number of benzene rings is 2. The maximum atomic E-state index is 12.7. The lowest BCUT2D eigenvalue weighted by Gasteiger charge is -2.27. The van der Waals surface area contributed by atoms with Crippen molar-refractivity contribution in [2.75, 3.05) is 19.7 Å². The molecule has 0 aliphatic carbocycles. The van der Waals surface area contributed by atoms with E-state index in [9.17, 15) is 9.59 Å². The molecule has 0 radical (unpaired) electrons. The molecule has 0 spiro atoms. The van der Waals surface area contributed by atoms with Gasteiger partial charge in [0.25, 0.3) is 11.8 Å². The van der Waals surface area contributed by atoms with Gasteiger partial charge in [-0.15, -0.1) is 0 Å². The molecule has 2 amide bonds. The molecule has 2 fully saturated rings. The standard InChI is InChI=1S/C23H24Cl2N2O5/c1-22(2)31-19-18(11-26-20(28)14-7-3-5-9-16(14)24)30-13-23(19,32-22)12-27-21(29)15-8-4-6-10-17(15)25/h3-10,18-19H,11-13H2,1-2H3,(H,26,28)(H,27,29)/t18-,19-,23+/m1/s1. The van der Waals surface area contributed by atoms with Crippen LogP contribution in [0.2, 0.25) is 10.0 Å². The highest BCUT2D eigenvalue weighted by molar-refractivity contribution is 6.34. The van der Waals surface area contributed by atoms with Crippen molar-refractivity contribution in [2.45, 2.75) is 37.4 Å². The Labute approximate surface area is 196 Å². The van der Waals surface area contributed by atoms with Gasteiger partial charge in [-0.05, 0) is 38.1 Å². The summed E-state index contributed by atoms with van der Waals surface area (Å²) in [5, 5.41) is 6.47. The van der Waals surface area contributed by atoms with Gasteiger partial charge in [-0.2, -0.15) is 0 Å². The van der Waals surface area contributed by atoms with E-state index in [1.807, 2.05) is 13.8 Å². The fourth-order valence-corrected chi connectivity index (χ4v) is 4.55. The summed E-state index contributed by atoms with van der Waals surface area (Å²) in [5.74, 6) is -1.48. The third kappa shape index (κ3) is 4.63. The highest BCUT2D eigenvalue weighted by Gasteiger charge is 2.61. The molecule has 2 N–H and O–H groups in total. The zero-order valence-corrected chi connectivity index (χ0v) is 19.2.